The monoisotopic (exact) mass is 323 g/mol. The van der Waals surface area contributed by atoms with Gasteiger partial charge in [0.05, 0.1) is 11.6 Å². The van der Waals surface area contributed by atoms with Gasteiger partial charge in [0.2, 0.25) is 5.91 Å². The third-order valence-corrected chi connectivity index (χ3v) is 4.59. The highest BCUT2D eigenvalue weighted by Crippen LogP contribution is 2.13. The maximum absolute atomic E-state index is 12.4. The molecular formula is C16H25N3O2S. The molecular weight excluding hydrogens is 298 g/mol. The molecule has 0 bridgehead atoms. The SMILES string of the molecule is CC(C)C[C@H](N)C(=O)N1CCCN(C(=O)c2ccsc2)CC1. The van der Waals surface area contributed by atoms with Crippen molar-refractivity contribution in [2.24, 2.45) is 11.7 Å². The molecule has 0 spiro atoms. The number of thiophene rings is 1. The largest absolute Gasteiger partial charge is 0.340 e. The molecule has 22 heavy (non-hydrogen) atoms. The van der Waals surface area contributed by atoms with Gasteiger partial charge in [-0.2, -0.15) is 11.3 Å². The minimum Gasteiger partial charge on any atom is -0.340 e. The lowest BCUT2D eigenvalue weighted by Gasteiger charge is -2.25. The number of nitrogens with zero attached hydrogens (tertiary/aromatic N) is 2. The van der Waals surface area contributed by atoms with Gasteiger partial charge in [-0.3, -0.25) is 9.59 Å². The Bertz CT molecular complexity index is 501. The van der Waals surface area contributed by atoms with Crippen LogP contribution in [0.1, 0.15) is 37.0 Å². The summed E-state index contributed by atoms with van der Waals surface area (Å²) in [4.78, 5) is 28.4. The summed E-state index contributed by atoms with van der Waals surface area (Å²) in [6, 6.07) is 1.42. The van der Waals surface area contributed by atoms with Crippen molar-refractivity contribution in [3.63, 3.8) is 0 Å². The van der Waals surface area contributed by atoms with Crippen molar-refractivity contribution in [2.75, 3.05) is 26.2 Å². The fourth-order valence-electron chi connectivity index (χ4n) is 2.75. The second kappa shape index (κ2) is 7.74. The van der Waals surface area contributed by atoms with Gasteiger partial charge in [-0.25, -0.2) is 0 Å². The Balaban J connectivity index is 1.92. The summed E-state index contributed by atoms with van der Waals surface area (Å²) >= 11 is 1.52. The standard InChI is InChI=1S/C16H25N3O2S/c1-12(2)10-14(17)16(21)19-6-3-5-18(7-8-19)15(20)13-4-9-22-11-13/h4,9,11-12,14H,3,5-8,10,17H2,1-2H3/t14-/m0/s1. The lowest BCUT2D eigenvalue weighted by Crippen LogP contribution is -2.46. The van der Waals surface area contributed by atoms with Gasteiger partial charge in [0, 0.05) is 31.6 Å². The third-order valence-electron chi connectivity index (χ3n) is 3.91. The molecule has 5 nitrogen and oxygen atoms in total. The summed E-state index contributed by atoms with van der Waals surface area (Å²) in [5.41, 5.74) is 6.74. The topological polar surface area (TPSA) is 66.6 Å². The summed E-state index contributed by atoms with van der Waals surface area (Å²) in [6.45, 7) is 6.65. The van der Waals surface area contributed by atoms with Crippen LogP contribution >= 0.6 is 11.3 Å². The fourth-order valence-corrected chi connectivity index (χ4v) is 3.38. The van der Waals surface area contributed by atoms with E-state index in [1.165, 1.54) is 11.3 Å². The number of carbonyl (C=O) groups excluding carboxylic acids is 2. The summed E-state index contributed by atoms with van der Waals surface area (Å²) in [7, 11) is 0. The molecule has 0 unspecified atom stereocenters. The normalized spacial score (nSPS) is 17.5. The Kier molecular flexibility index (Phi) is 5.97. The van der Waals surface area contributed by atoms with E-state index in [0.29, 0.717) is 38.5 Å². The highest BCUT2D eigenvalue weighted by atomic mass is 32.1. The zero-order chi connectivity index (χ0) is 16.1. The molecule has 2 rings (SSSR count). The van der Waals surface area contributed by atoms with Crippen LogP contribution in [0.15, 0.2) is 16.8 Å². The summed E-state index contributed by atoms with van der Waals surface area (Å²) in [5.74, 6) is 0.475. The second-order valence-corrected chi connectivity index (χ2v) is 7.00. The quantitative estimate of drug-likeness (QED) is 0.919. The molecule has 2 heterocycles. The van der Waals surface area contributed by atoms with E-state index in [2.05, 4.69) is 13.8 Å². The minimum absolute atomic E-state index is 0.0125. The van der Waals surface area contributed by atoms with E-state index in [-0.39, 0.29) is 11.8 Å². The fraction of sp³-hybridized carbons (Fsp3) is 0.625. The minimum atomic E-state index is -0.431. The second-order valence-electron chi connectivity index (χ2n) is 6.22. The van der Waals surface area contributed by atoms with Crippen LogP contribution in [0.3, 0.4) is 0 Å². The van der Waals surface area contributed by atoms with E-state index in [1.807, 2.05) is 26.6 Å². The van der Waals surface area contributed by atoms with Crippen molar-refractivity contribution in [3.05, 3.63) is 22.4 Å². The van der Waals surface area contributed by atoms with Gasteiger partial charge in [0.25, 0.3) is 5.91 Å². The molecule has 1 aliphatic heterocycles. The molecule has 0 aromatic carbocycles. The van der Waals surface area contributed by atoms with Crippen LogP contribution in [0.5, 0.6) is 0 Å². The molecule has 1 saturated heterocycles. The van der Waals surface area contributed by atoms with Crippen molar-refractivity contribution in [2.45, 2.75) is 32.7 Å². The maximum atomic E-state index is 12.4. The van der Waals surface area contributed by atoms with Crippen LogP contribution in [0, 0.1) is 5.92 Å². The molecule has 2 amide bonds. The first-order valence-electron chi connectivity index (χ1n) is 7.85. The van der Waals surface area contributed by atoms with Crippen molar-refractivity contribution in [3.8, 4) is 0 Å². The number of carbonyl (C=O) groups is 2. The van der Waals surface area contributed by atoms with Crippen molar-refractivity contribution < 1.29 is 9.59 Å². The van der Waals surface area contributed by atoms with E-state index < -0.39 is 6.04 Å². The zero-order valence-electron chi connectivity index (χ0n) is 13.3. The average molecular weight is 323 g/mol. The number of rotatable bonds is 4. The van der Waals surface area contributed by atoms with Gasteiger partial charge in [-0.1, -0.05) is 13.8 Å². The average Bonchev–Trinajstić information content (AvgIpc) is 2.89. The zero-order valence-corrected chi connectivity index (χ0v) is 14.1. The lowest BCUT2D eigenvalue weighted by atomic mass is 10.0. The predicted octanol–water partition coefficient (Wildman–Crippen LogP) is 1.80. The molecule has 0 aliphatic carbocycles. The van der Waals surface area contributed by atoms with Crippen LogP contribution in [-0.2, 0) is 4.79 Å². The first kappa shape index (κ1) is 17.0. The van der Waals surface area contributed by atoms with E-state index >= 15 is 0 Å². The van der Waals surface area contributed by atoms with E-state index in [1.54, 1.807) is 0 Å². The summed E-state index contributed by atoms with van der Waals surface area (Å²) in [6.07, 6.45) is 1.50. The summed E-state index contributed by atoms with van der Waals surface area (Å²) in [5, 5.41) is 3.78. The molecule has 1 aromatic rings. The molecule has 0 radical (unpaired) electrons. The van der Waals surface area contributed by atoms with Crippen LogP contribution < -0.4 is 5.73 Å². The lowest BCUT2D eigenvalue weighted by molar-refractivity contribution is -0.132. The Morgan fingerprint density at radius 2 is 1.91 bits per heavy atom. The smallest absolute Gasteiger partial charge is 0.254 e. The van der Waals surface area contributed by atoms with Gasteiger partial charge in [0.15, 0.2) is 0 Å². The maximum Gasteiger partial charge on any atom is 0.254 e. The highest BCUT2D eigenvalue weighted by molar-refractivity contribution is 7.08. The van der Waals surface area contributed by atoms with Gasteiger partial charge in [-0.15, -0.1) is 0 Å². The van der Waals surface area contributed by atoms with E-state index in [9.17, 15) is 9.59 Å². The Labute approximate surface area is 136 Å². The third kappa shape index (κ3) is 4.30. The van der Waals surface area contributed by atoms with Gasteiger partial charge in [0.1, 0.15) is 0 Å². The van der Waals surface area contributed by atoms with Crippen LogP contribution in [0.2, 0.25) is 0 Å². The molecule has 1 atom stereocenters. The number of hydrogen-bond acceptors (Lipinski definition) is 4. The molecule has 1 aromatic heterocycles. The van der Waals surface area contributed by atoms with Crippen LogP contribution in [0.25, 0.3) is 0 Å². The first-order chi connectivity index (χ1) is 10.5. The predicted molar refractivity (Wildman–Crippen MR) is 88.8 cm³/mol. The Hall–Kier alpha value is -1.40. The molecule has 0 saturated carbocycles. The van der Waals surface area contributed by atoms with Gasteiger partial charge < -0.3 is 15.5 Å². The molecule has 6 heteroatoms. The van der Waals surface area contributed by atoms with Crippen LogP contribution in [0.4, 0.5) is 0 Å². The van der Waals surface area contributed by atoms with Crippen molar-refractivity contribution in [1.29, 1.82) is 0 Å². The Morgan fingerprint density at radius 1 is 1.23 bits per heavy atom. The molecule has 1 fully saturated rings. The van der Waals surface area contributed by atoms with E-state index in [0.717, 1.165) is 12.0 Å². The van der Waals surface area contributed by atoms with Crippen LogP contribution in [-0.4, -0.2) is 53.8 Å². The number of amides is 2. The number of nitrogens with two attached hydrogens (primary N) is 1. The number of hydrogen-bond donors (Lipinski definition) is 1. The van der Waals surface area contributed by atoms with Gasteiger partial charge >= 0.3 is 0 Å². The Morgan fingerprint density at radius 3 is 2.55 bits per heavy atom. The highest BCUT2D eigenvalue weighted by Gasteiger charge is 2.26. The van der Waals surface area contributed by atoms with Crippen molar-refractivity contribution >= 4 is 23.2 Å². The van der Waals surface area contributed by atoms with Crippen molar-refractivity contribution in [1.82, 2.24) is 9.80 Å². The molecule has 2 N–H and O–H groups in total. The molecule has 1 aliphatic rings. The summed E-state index contributed by atoms with van der Waals surface area (Å²) < 4.78 is 0. The molecule has 122 valence electrons. The first-order valence-corrected chi connectivity index (χ1v) is 8.79. The van der Waals surface area contributed by atoms with Gasteiger partial charge in [-0.05, 0) is 30.2 Å². The van der Waals surface area contributed by atoms with E-state index in [4.69, 9.17) is 5.73 Å².